The van der Waals surface area contributed by atoms with Gasteiger partial charge < -0.3 is 34.1 Å². The van der Waals surface area contributed by atoms with E-state index in [1.54, 1.807) is 17.0 Å². The molecular weight excluding hydrogens is 422 g/mol. The summed E-state index contributed by atoms with van der Waals surface area (Å²) in [5.74, 6) is 2.24. The second kappa shape index (κ2) is 7.60. The normalized spacial score (nSPS) is 16.7. The number of amides is 1. The number of H-pyrrole nitrogens is 1. The molecule has 8 heteroatoms. The fourth-order valence-electron chi connectivity index (χ4n) is 4.63. The lowest BCUT2D eigenvalue weighted by atomic mass is 9.94. The number of hydrogen-bond donors (Lipinski definition) is 2. The van der Waals surface area contributed by atoms with E-state index in [1.165, 1.54) is 0 Å². The Hall–Kier alpha value is -3.91. The molecule has 8 nitrogen and oxygen atoms in total. The van der Waals surface area contributed by atoms with Crippen molar-refractivity contribution >= 4 is 23.4 Å². The summed E-state index contributed by atoms with van der Waals surface area (Å²) < 4.78 is 16.6. The van der Waals surface area contributed by atoms with Gasteiger partial charge in [-0.3, -0.25) is 4.79 Å². The quantitative estimate of drug-likeness (QED) is 0.641. The Morgan fingerprint density at radius 1 is 1.15 bits per heavy atom. The van der Waals surface area contributed by atoms with Crippen LogP contribution in [-0.2, 0) is 4.74 Å². The number of anilines is 1. The highest BCUT2D eigenvalue weighted by Crippen LogP contribution is 2.46. The van der Waals surface area contributed by atoms with Crippen LogP contribution in [0, 0.1) is 0 Å². The van der Waals surface area contributed by atoms with Gasteiger partial charge in [0.2, 0.25) is 6.79 Å². The van der Waals surface area contributed by atoms with E-state index in [9.17, 15) is 9.90 Å². The summed E-state index contributed by atoms with van der Waals surface area (Å²) in [6.45, 7) is 2.16. The molecule has 0 unspecified atom stereocenters. The number of aromatic amines is 1. The molecule has 1 aromatic heterocycles. The summed E-state index contributed by atoms with van der Waals surface area (Å²) in [5, 5.41) is 10.4. The van der Waals surface area contributed by atoms with Crippen molar-refractivity contribution < 1.29 is 24.1 Å². The molecule has 0 radical (unpaired) electrons. The van der Waals surface area contributed by atoms with Crippen molar-refractivity contribution in [3.8, 4) is 28.4 Å². The van der Waals surface area contributed by atoms with E-state index in [0.717, 1.165) is 45.1 Å². The lowest BCUT2D eigenvalue weighted by Crippen LogP contribution is -2.28. The molecule has 0 spiro atoms. The number of aromatic nitrogens is 1. The first kappa shape index (κ1) is 19.8. The smallest absolute Gasteiger partial charge is 0.259 e. The van der Waals surface area contributed by atoms with Crippen LogP contribution < -0.4 is 14.4 Å². The molecule has 1 fully saturated rings. The van der Waals surface area contributed by atoms with Crippen LogP contribution in [0.15, 0.2) is 42.6 Å². The summed E-state index contributed by atoms with van der Waals surface area (Å²) >= 11 is 0. The Morgan fingerprint density at radius 2 is 2.06 bits per heavy atom. The van der Waals surface area contributed by atoms with Gasteiger partial charge in [0.15, 0.2) is 11.5 Å². The van der Waals surface area contributed by atoms with Crippen LogP contribution in [-0.4, -0.2) is 61.2 Å². The molecule has 33 heavy (non-hydrogen) atoms. The minimum Gasteiger partial charge on any atom is -0.507 e. The summed E-state index contributed by atoms with van der Waals surface area (Å²) in [7, 11) is 2.02. The summed E-state index contributed by atoms with van der Waals surface area (Å²) in [4.78, 5) is 20.0. The number of carbonyl (C=O) groups is 1. The minimum atomic E-state index is -0.225. The van der Waals surface area contributed by atoms with Gasteiger partial charge in [0.25, 0.3) is 5.91 Å². The number of benzene rings is 2. The van der Waals surface area contributed by atoms with E-state index >= 15 is 0 Å². The molecule has 1 saturated heterocycles. The Kier molecular flexibility index (Phi) is 4.55. The number of phenolic OH excluding ortho intramolecular Hbond substituents is 1. The number of phenols is 1. The molecule has 4 heterocycles. The molecule has 3 aliphatic heterocycles. The molecule has 3 aromatic rings. The maximum atomic E-state index is 12.9. The molecular formula is C25H23N3O5. The Balaban J connectivity index is 1.42. The van der Waals surface area contributed by atoms with Gasteiger partial charge in [-0.2, -0.15) is 0 Å². The molecule has 168 valence electrons. The highest BCUT2D eigenvalue weighted by atomic mass is 16.7. The first-order chi connectivity index (χ1) is 16.1. The fraction of sp³-hybridized carbons (Fsp3) is 0.240. The number of carbonyl (C=O) groups excluding carboxylic acids is 1. The van der Waals surface area contributed by atoms with Crippen LogP contribution >= 0.6 is 0 Å². The molecule has 6 rings (SSSR count). The SMILES string of the molecule is CN1CC(c2ccc(O)c(C(=O)N3CCOC3)c2)=Cc2c(-c3cccc4c3OCO4)c[nH]c21. The van der Waals surface area contributed by atoms with Gasteiger partial charge in [0.1, 0.15) is 18.3 Å². The van der Waals surface area contributed by atoms with Crippen molar-refractivity contribution in [2.45, 2.75) is 0 Å². The number of aromatic hydroxyl groups is 1. The van der Waals surface area contributed by atoms with Crippen LogP contribution in [0.1, 0.15) is 21.5 Å². The highest BCUT2D eigenvalue weighted by molar-refractivity contribution is 6.00. The lowest BCUT2D eigenvalue weighted by molar-refractivity contribution is 0.0692. The van der Waals surface area contributed by atoms with Gasteiger partial charge in [-0.1, -0.05) is 18.2 Å². The van der Waals surface area contributed by atoms with Crippen molar-refractivity contribution in [3.63, 3.8) is 0 Å². The van der Waals surface area contributed by atoms with Crippen molar-refractivity contribution in [2.75, 3.05) is 45.2 Å². The number of nitrogens with zero attached hydrogens (tertiary/aromatic N) is 2. The van der Waals surface area contributed by atoms with Crippen molar-refractivity contribution in [2.24, 2.45) is 0 Å². The van der Waals surface area contributed by atoms with E-state index in [-0.39, 0.29) is 30.7 Å². The third kappa shape index (κ3) is 3.22. The van der Waals surface area contributed by atoms with Gasteiger partial charge in [0, 0.05) is 43.0 Å². The largest absolute Gasteiger partial charge is 0.507 e. The number of rotatable bonds is 3. The van der Waals surface area contributed by atoms with E-state index in [0.29, 0.717) is 19.7 Å². The molecule has 3 aliphatic rings. The van der Waals surface area contributed by atoms with Crippen molar-refractivity contribution in [1.29, 1.82) is 0 Å². The molecule has 0 atom stereocenters. The number of hydrogen-bond acceptors (Lipinski definition) is 6. The van der Waals surface area contributed by atoms with Crippen LogP contribution in [0.25, 0.3) is 22.8 Å². The van der Waals surface area contributed by atoms with Crippen LogP contribution in [0.2, 0.25) is 0 Å². The zero-order valence-electron chi connectivity index (χ0n) is 18.1. The number of para-hydroxylation sites is 1. The molecule has 2 N–H and O–H groups in total. The zero-order valence-corrected chi connectivity index (χ0v) is 18.1. The number of fused-ring (bicyclic) bond motifs is 2. The average molecular weight is 445 g/mol. The first-order valence-electron chi connectivity index (χ1n) is 10.8. The predicted molar refractivity (Wildman–Crippen MR) is 123 cm³/mol. The minimum absolute atomic E-state index is 0.0274. The monoisotopic (exact) mass is 445 g/mol. The van der Waals surface area contributed by atoms with Gasteiger partial charge in [-0.05, 0) is 35.4 Å². The van der Waals surface area contributed by atoms with Crippen LogP contribution in [0.3, 0.4) is 0 Å². The Bertz CT molecular complexity index is 1290. The number of likely N-dealkylation sites (N-methyl/N-ethyl adjacent to an activating group) is 1. The molecule has 1 amide bonds. The topological polar surface area (TPSA) is 87.3 Å². The van der Waals surface area contributed by atoms with E-state index in [4.69, 9.17) is 14.2 Å². The van der Waals surface area contributed by atoms with Gasteiger partial charge in [0.05, 0.1) is 12.2 Å². The van der Waals surface area contributed by atoms with Gasteiger partial charge >= 0.3 is 0 Å². The molecule has 0 saturated carbocycles. The van der Waals surface area contributed by atoms with Crippen molar-refractivity contribution in [1.82, 2.24) is 9.88 Å². The fourth-order valence-corrected chi connectivity index (χ4v) is 4.63. The van der Waals surface area contributed by atoms with Crippen LogP contribution in [0.5, 0.6) is 17.2 Å². The second-order valence-corrected chi connectivity index (χ2v) is 8.37. The van der Waals surface area contributed by atoms with Gasteiger partial charge in [-0.15, -0.1) is 0 Å². The summed E-state index contributed by atoms with van der Waals surface area (Å²) in [5.41, 5.74) is 5.23. The summed E-state index contributed by atoms with van der Waals surface area (Å²) in [6, 6.07) is 11.1. The van der Waals surface area contributed by atoms with Crippen molar-refractivity contribution in [3.05, 3.63) is 59.3 Å². The van der Waals surface area contributed by atoms with E-state index in [1.807, 2.05) is 37.5 Å². The summed E-state index contributed by atoms with van der Waals surface area (Å²) in [6.07, 6.45) is 4.12. The number of ether oxygens (including phenoxy) is 3. The molecule has 0 aliphatic carbocycles. The molecule has 2 aromatic carbocycles. The Labute approximate surface area is 190 Å². The maximum absolute atomic E-state index is 12.9. The lowest BCUT2D eigenvalue weighted by Gasteiger charge is -2.26. The third-order valence-corrected chi connectivity index (χ3v) is 6.33. The van der Waals surface area contributed by atoms with E-state index < -0.39 is 0 Å². The predicted octanol–water partition coefficient (Wildman–Crippen LogP) is 3.54. The number of nitrogens with one attached hydrogen (secondary N) is 1. The van der Waals surface area contributed by atoms with Gasteiger partial charge in [-0.25, -0.2) is 0 Å². The zero-order chi connectivity index (χ0) is 22.5. The van der Waals surface area contributed by atoms with Crippen LogP contribution in [0.4, 0.5) is 5.82 Å². The maximum Gasteiger partial charge on any atom is 0.259 e. The third-order valence-electron chi connectivity index (χ3n) is 6.33. The standard InChI is InChI=1S/C25H23N3O5/c1-27-12-16(15-5-6-21(29)19(9-15)25(30)28-7-8-31-13-28)10-18-20(11-26-24(18)27)17-3-2-4-22-23(17)33-14-32-22/h2-6,9-11,26,29H,7-8,12-14H2,1H3. The average Bonchev–Trinajstić information content (AvgIpc) is 3.59. The Morgan fingerprint density at radius 3 is 2.91 bits per heavy atom. The second-order valence-electron chi connectivity index (χ2n) is 8.37. The highest BCUT2D eigenvalue weighted by Gasteiger charge is 2.27. The molecule has 0 bridgehead atoms. The first-order valence-corrected chi connectivity index (χ1v) is 10.8. The van der Waals surface area contributed by atoms with E-state index in [2.05, 4.69) is 16.0 Å².